The van der Waals surface area contributed by atoms with Gasteiger partial charge in [-0.1, -0.05) is 25.0 Å². The Morgan fingerprint density at radius 3 is 2.60 bits per heavy atom. The van der Waals surface area contributed by atoms with Crippen molar-refractivity contribution in [3.63, 3.8) is 0 Å². The van der Waals surface area contributed by atoms with Gasteiger partial charge in [-0.3, -0.25) is 0 Å². The molecule has 0 aliphatic heterocycles. The highest BCUT2D eigenvalue weighted by Gasteiger charge is 2.24. The van der Waals surface area contributed by atoms with E-state index < -0.39 is 0 Å². The molecule has 2 rings (SSSR count). The quantitative estimate of drug-likeness (QED) is 0.779. The second kappa shape index (κ2) is 4.23. The number of hydrogen-bond donors (Lipinski definition) is 2. The van der Waals surface area contributed by atoms with E-state index in [0.29, 0.717) is 11.7 Å². The summed E-state index contributed by atoms with van der Waals surface area (Å²) < 4.78 is 0. The summed E-state index contributed by atoms with van der Waals surface area (Å²) >= 11 is 0. The fraction of sp³-hybridized carbons (Fsp3) is 0.538. The molecule has 0 saturated heterocycles. The highest BCUT2D eigenvalue weighted by atomic mass is 16.3. The van der Waals surface area contributed by atoms with E-state index in [4.69, 9.17) is 5.73 Å². The van der Waals surface area contributed by atoms with Crippen molar-refractivity contribution in [1.29, 1.82) is 0 Å². The minimum absolute atomic E-state index is 0.00750. The minimum Gasteiger partial charge on any atom is -0.508 e. The van der Waals surface area contributed by atoms with Gasteiger partial charge in [0.05, 0.1) is 0 Å². The molecule has 1 fully saturated rings. The SMILES string of the molecule is Cc1ccc([C@@H](N)C2CCCC2)c(O)c1. The molecule has 0 bridgehead atoms. The Bertz CT molecular complexity index is 342. The third kappa shape index (κ3) is 2.15. The summed E-state index contributed by atoms with van der Waals surface area (Å²) in [5, 5.41) is 9.84. The lowest BCUT2D eigenvalue weighted by atomic mass is 9.91. The maximum atomic E-state index is 9.84. The molecule has 0 amide bonds. The van der Waals surface area contributed by atoms with E-state index in [1.54, 1.807) is 6.07 Å². The molecule has 1 aliphatic rings. The van der Waals surface area contributed by atoms with E-state index in [2.05, 4.69) is 0 Å². The van der Waals surface area contributed by atoms with E-state index in [0.717, 1.165) is 11.1 Å². The fourth-order valence-corrected chi connectivity index (χ4v) is 2.51. The molecule has 1 atom stereocenters. The van der Waals surface area contributed by atoms with Gasteiger partial charge in [0, 0.05) is 11.6 Å². The monoisotopic (exact) mass is 205 g/mol. The summed E-state index contributed by atoms with van der Waals surface area (Å²) in [5.74, 6) is 0.910. The first kappa shape index (κ1) is 10.5. The van der Waals surface area contributed by atoms with Gasteiger partial charge in [0.15, 0.2) is 0 Å². The van der Waals surface area contributed by atoms with Crippen molar-refractivity contribution in [2.24, 2.45) is 11.7 Å². The molecule has 2 heteroatoms. The number of hydrogen-bond acceptors (Lipinski definition) is 2. The number of phenolic OH excluding ortho intramolecular Hbond substituents is 1. The highest BCUT2D eigenvalue weighted by molar-refractivity contribution is 5.38. The van der Waals surface area contributed by atoms with Crippen molar-refractivity contribution in [1.82, 2.24) is 0 Å². The van der Waals surface area contributed by atoms with Crippen LogP contribution >= 0.6 is 0 Å². The first-order chi connectivity index (χ1) is 7.18. The van der Waals surface area contributed by atoms with Crippen LogP contribution in [-0.4, -0.2) is 5.11 Å². The van der Waals surface area contributed by atoms with Crippen molar-refractivity contribution in [2.45, 2.75) is 38.6 Å². The van der Waals surface area contributed by atoms with E-state index >= 15 is 0 Å². The van der Waals surface area contributed by atoms with Crippen LogP contribution in [0, 0.1) is 12.8 Å². The van der Waals surface area contributed by atoms with E-state index in [1.807, 2.05) is 19.1 Å². The van der Waals surface area contributed by atoms with E-state index in [-0.39, 0.29) is 6.04 Å². The lowest BCUT2D eigenvalue weighted by molar-refractivity contribution is 0.412. The Morgan fingerprint density at radius 1 is 1.33 bits per heavy atom. The first-order valence-corrected chi connectivity index (χ1v) is 5.73. The van der Waals surface area contributed by atoms with Crippen LogP contribution in [0.3, 0.4) is 0 Å². The zero-order valence-electron chi connectivity index (χ0n) is 9.24. The van der Waals surface area contributed by atoms with Crippen molar-refractivity contribution >= 4 is 0 Å². The van der Waals surface area contributed by atoms with Gasteiger partial charge in [-0.05, 0) is 37.3 Å². The molecule has 0 radical (unpaired) electrons. The van der Waals surface area contributed by atoms with Gasteiger partial charge < -0.3 is 10.8 Å². The Kier molecular flexibility index (Phi) is 2.96. The van der Waals surface area contributed by atoms with Gasteiger partial charge in [0.1, 0.15) is 5.75 Å². The van der Waals surface area contributed by atoms with Gasteiger partial charge in [0.2, 0.25) is 0 Å². The summed E-state index contributed by atoms with van der Waals surface area (Å²) in [6, 6.07) is 5.79. The number of benzene rings is 1. The standard InChI is InChI=1S/C13H19NO/c1-9-6-7-11(12(15)8-9)13(14)10-4-2-3-5-10/h6-8,10,13,15H,2-5,14H2,1H3/t13-/m0/s1. The lowest BCUT2D eigenvalue weighted by Crippen LogP contribution is -2.19. The van der Waals surface area contributed by atoms with Crippen molar-refractivity contribution < 1.29 is 5.11 Å². The summed E-state index contributed by atoms with van der Waals surface area (Å²) in [6.45, 7) is 1.98. The van der Waals surface area contributed by atoms with Crippen molar-refractivity contribution in [3.8, 4) is 5.75 Å². The Hall–Kier alpha value is -1.02. The van der Waals surface area contributed by atoms with Gasteiger partial charge in [-0.25, -0.2) is 0 Å². The summed E-state index contributed by atoms with van der Waals surface area (Å²) in [5.41, 5.74) is 8.18. The second-order valence-corrected chi connectivity index (χ2v) is 4.63. The Morgan fingerprint density at radius 2 is 2.00 bits per heavy atom. The molecular weight excluding hydrogens is 186 g/mol. The van der Waals surface area contributed by atoms with Crippen LogP contribution in [0.15, 0.2) is 18.2 Å². The van der Waals surface area contributed by atoms with Crippen LogP contribution in [0.4, 0.5) is 0 Å². The average molecular weight is 205 g/mol. The molecule has 0 heterocycles. The number of nitrogens with two attached hydrogens (primary N) is 1. The van der Waals surface area contributed by atoms with Crippen LogP contribution in [0.25, 0.3) is 0 Å². The van der Waals surface area contributed by atoms with Crippen LogP contribution in [0.2, 0.25) is 0 Å². The first-order valence-electron chi connectivity index (χ1n) is 5.73. The summed E-state index contributed by atoms with van der Waals surface area (Å²) in [4.78, 5) is 0. The summed E-state index contributed by atoms with van der Waals surface area (Å²) in [6.07, 6.45) is 4.97. The van der Waals surface area contributed by atoms with Crippen LogP contribution < -0.4 is 5.73 Å². The van der Waals surface area contributed by atoms with Crippen LogP contribution in [0.1, 0.15) is 42.9 Å². The number of phenols is 1. The third-order valence-electron chi connectivity index (χ3n) is 3.45. The number of aryl methyl sites for hydroxylation is 1. The van der Waals surface area contributed by atoms with Crippen molar-refractivity contribution in [2.75, 3.05) is 0 Å². The highest BCUT2D eigenvalue weighted by Crippen LogP contribution is 2.37. The second-order valence-electron chi connectivity index (χ2n) is 4.63. The molecule has 2 nitrogen and oxygen atoms in total. The van der Waals surface area contributed by atoms with E-state index in [9.17, 15) is 5.11 Å². The topological polar surface area (TPSA) is 46.2 Å². The normalized spacial score (nSPS) is 19.3. The van der Waals surface area contributed by atoms with E-state index in [1.165, 1.54) is 25.7 Å². The molecule has 82 valence electrons. The fourth-order valence-electron chi connectivity index (χ4n) is 2.51. The van der Waals surface area contributed by atoms with Crippen LogP contribution in [-0.2, 0) is 0 Å². The predicted molar refractivity (Wildman–Crippen MR) is 61.7 cm³/mol. The van der Waals surface area contributed by atoms with Gasteiger partial charge >= 0.3 is 0 Å². The summed E-state index contributed by atoms with van der Waals surface area (Å²) in [7, 11) is 0. The molecule has 0 aromatic heterocycles. The zero-order valence-corrected chi connectivity index (χ0v) is 9.24. The largest absolute Gasteiger partial charge is 0.508 e. The number of rotatable bonds is 2. The molecular formula is C13H19NO. The molecule has 1 saturated carbocycles. The maximum absolute atomic E-state index is 9.84. The molecule has 1 aliphatic carbocycles. The van der Waals surface area contributed by atoms with Gasteiger partial charge in [0.25, 0.3) is 0 Å². The molecule has 0 spiro atoms. The average Bonchev–Trinajstić information content (AvgIpc) is 2.69. The van der Waals surface area contributed by atoms with Gasteiger partial charge in [-0.15, -0.1) is 0 Å². The number of aromatic hydroxyl groups is 1. The molecule has 0 unspecified atom stereocenters. The predicted octanol–water partition coefficient (Wildman–Crippen LogP) is 2.89. The van der Waals surface area contributed by atoms with Crippen LogP contribution in [0.5, 0.6) is 5.75 Å². The molecule has 1 aromatic rings. The maximum Gasteiger partial charge on any atom is 0.120 e. The minimum atomic E-state index is 0.00750. The smallest absolute Gasteiger partial charge is 0.120 e. The Labute approximate surface area is 91.1 Å². The van der Waals surface area contributed by atoms with Crippen molar-refractivity contribution in [3.05, 3.63) is 29.3 Å². The van der Waals surface area contributed by atoms with Gasteiger partial charge in [-0.2, -0.15) is 0 Å². The lowest BCUT2D eigenvalue weighted by Gasteiger charge is -2.20. The molecule has 1 aromatic carbocycles. The zero-order chi connectivity index (χ0) is 10.8. The Balaban J connectivity index is 2.20. The molecule has 15 heavy (non-hydrogen) atoms. The third-order valence-corrected chi connectivity index (χ3v) is 3.45. The molecule has 3 N–H and O–H groups in total.